The van der Waals surface area contributed by atoms with Crippen molar-refractivity contribution < 1.29 is 9.53 Å². The number of ether oxygens (including phenoxy) is 1. The fraction of sp³-hybridized carbons (Fsp3) is 0.737. The molecular formula is C19H35IN4O2S. The largest absolute Gasteiger partial charge is 0.460 e. The van der Waals surface area contributed by atoms with Gasteiger partial charge < -0.3 is 15.4 Å². The number of halogens is 1. The molecule has 0 aliphatic carbocycles. The number of esters is 1. The van der Waals surface area contributed by atoms with Gasteiger partial charge in [-0.25, -0.2) is 9.98 Å². The summed E-state index contributed by atoms with van der Waals surface area (Å²) in [5, 5.41) is 7.63. The number of aromatic nitrogens is 1. The van der Waals surface area contributed by atoms with Crippen molar-refractivity contribution in [1.82, 2.24) is 15.6 Å². The smallest absolute Gasteiger partial charge is 0.306 e. The monoisotopic (exact) mass is 510 g/mol. The Hall–Kier alpha value is -0.900. The van der Waals surface area contributed by atoms with Crippen LogP contribution in [0.25, 0.3) is 0 Å². The number of nitrogens with zero attached hydrogens (tertiary/aromatic N) is 2. The number of rotatable bonds is 10. The molecule has 2 N–H and O–H groups in total. The van der Waals surface area contributed by atoms with Crippen molar-refractivity contribution in [3.05, 3.63) is 16.1 Å². The van der Waals surface area contributed by atoms with Gasteiger partial charge in [0.1, 0.15) is 10.6 Å². The number of thiazole rings is 1. The Morgan fingerprint density at radius 1 is 1.22 bits per heavy atom. The van der Waals surface area contributed by atoms with Crippen LogP contribution in [-0.4, -0.2) is 35.6 Å². The van der Waals surface area contributed by atoms with Gasteiger partial charge in [-0.3, -0.25) is 4.79 Å². The van der Waals surface area contributed by atoms with Gasteiger partial charge in [-0.05, 0) is 47.5 Å². The first kappa shape index (κ1) is 26.1. The third-order valence-electron chi connectivity index (χ3n) is 3.41. The number of carbonyl (C=O) groups is 1. The number of carbonyl (C=O) groups excluding carboxylic acids is 1. The molecule has 0 unspecified atom stereocenters. The Morgan fingerprint density at radius 3 is 2.52 bits per heavy atom. The molecule has 0 saturated heterocycles. The zero-order chi connectivity index (χ0) is 19.4. The number of guanidine groups is 1. The highest BCUT2D eigenvalue weighted by Crippen LogP contribution is 2.12. The highest BCUT2D eigenvalue weighted by atomic mass is 127. The van der Waals surface area contributed by atoms with E-state index in [4.69, 9.17) is 4.74 Å². The van der Waals surface area contributed by atoms with Gasteiger partial charge in [-0.2, -0.15) is 0 Å². The van der Waals surface area contributed by atoms with Crippen molar-refractivity contribution in [3.63, 3.8) is 0 Å². The summed E-state index contributed by atoms with van der Waals surface area (Å²) in [7, 11) is 0. The zero-order valence-corrected chi connectivity index (χ0v) is 20.4. The number of unbranched alkanes of at least 4 members (excludes halogenated alkanes) is 3. The molecule has 0 aliphatic heterocycles. The minimum Gasteiger partial charge on any atom is -0.460 e. The molecule has 27 heavy (non-hydrogen) atoms. The molecular weight excluding hydrogens is 475 g/mol. The first-order chi connectivity index (χ1) is 12.3. The molecule has 0 amide bonds. The standard InChI is InChI=1S/C19H34N4O2S.HI/c1-6-20-18(23-14-16-22-13-15(2)26-16)21-12-10-8-7-9-11-17(24)25-19(3,4)5;/h13H,6-12,14H2,1-5H3,(H2,20,21,23);1H. The van der Waals surface area contributed by atoms with Crippen LogP contribution in [0, 0.1) is 6.92 Å². The maximum atomic E-state index is 11.6. The summed E-state index contributed by atoms with van der Waals surface area (Å²) in [5.41, 5.74) is -0.389. The molecule has 0 spiro atoms. The van der Waals surface area contributed by atoms with Gasteiger partial charge >= 0.3 is 5.97 Å². The minimum atomic E-state index is -0.389. The molecule has 1 aromatic heterocycles. The summed E-state index contributed by atoms with van der Waals surface area (Å²) in [6, 6.07) is 0. The van der Waals surface area contributed by atoms with Crippen molar-refractivity contribution >= 4 is 47.2 Å². The Balaban J connectivity index is 0.00000676. The molecule has 0 aliphatic rings. The van der Waals surface area contributed by atoms with E-state index < -0.39 is 0 Å². The SMILES string of the molecule is CCNC(=NCc1ncc(C)s1)NCCCCCCC(=O)OC(C)(C)C.I. The van der Waals surface area contributed by atoms with Gasteiger partial charge in [0.05, 0.1) is 6.54 Å². The molecule has 8 heteroatoms. The van der Waals surface area contributed by atoms with Gasteiger partial charge in [0.15, 0.2) is 5.96 Å². The summed E-state index contributed by atoms with van der Waals surface area (Å²) in [5.74, 6) is 0.726. The fourth-order valence-corrected chi connectivity index (χ4v) is 3.02. The highest BCUT2D eigenvalue weighted by Gasteiger charge is 2.15. The second kappa shape index (κ2) is 14.1. The van der Waals surface area contributed by atoms with E-state index in [0.29, 0.717) is 13.0 Å². The second-order valence-electron chi connectivity index (χ2n) is 7.24. The third-order valence-corrected chi connectivity index (χ3v) is 4.30. The molecule has 156 valence electrons. The molecule has 0 radical (unpaired) electrons. The number of aryl methyl sites for hydroxylation is 1. The Morgan fingerprint density at radius 2 is 1.93 bits per heavy atom. The average Bonchev–Trinajstić information content (AvgIpc) is 2.95. The molecule has 0 saturated carbocycles. The Kier molecular flexibility index (Phi) is 13.7. The van der Waals surface area contributed by atoms with E-state index in [0.717, 1.165) is 49.7 Å². The average molecular weight is 510 g/mol. The van der Waals surface area contributed by atoms with E-state index in [2.05, 4.69) is 34.5 Å². The summed E-state index contributed by atoms with van der Waals surface area (Å²) in [4.78, 5) is 21.7. The molecule has 1 heterocycles. The van der Waals surface area contributed by atoms with Crippen LogP contribution in [0.5, 0.6) is 0 Å². The second-order valence-corrected chi connectivity index (χ2v) is 8.56. The van der Waals surface area contributed by atoms with Crippen molar-refractivity contribution in [1.29, 1.82) is 0 Å². The van der Waals surface area contributed by atoms with Crippen LogP contribution in [0.15, 0.2) is 11.2 Å². The molecule has 0 atom stereocenters. The van der Waals surface area contributed by atoms with Gasteiger partial charge in [-0.15, -0.1) is 35.3 Å². The number of hydrogen-bond acceptors (Lipinski definition) is 5. The molecule has 0 bridgehead atoms. The predicted octanol–water partition coefficient (Wildman–Crippen LogP) is 4.42. The molecule has 1 aromatic rings. The van der Waals surface area contributed by atoms with Crippen molar-refractivity contribution in [2.75, 3.05) is 13.1 Å². The van der Waals surface area contributed by atoms with Crippen LogP contribution in [0.1, 0.15) is 69.7 Å². The molecule has 0 fully saturated rings. The summed E-state index contributed by atoms with van der Waals surface area (Å²) >= 11 is 1.68. The van der Waals surface area contributed by atoms with Crippen LogP contribution in [-0.2, 0) is 16.1 Å². The molecule has 1 rings (SSSR count). The van der Waals surface area contributed by atoms with E-state index in [1.165, 1.54) is 4.88 Å². The fourth-order valence-electron chi connectivity index (χ4n) is 2.31. The van der Waals surface area contributed by atoms with Crippen LogP contribution < -0.4 is 10.6 Å². The maximum absolute atomic E-state index is 11.6. The topological polar surface area (TPSA) is 75.6 Å². The maximum Gasteiger partial charge on any atom is 0.306 e. The van der Waals surface area contributed by atoms with E-state index in [1.807, 2.05) is 27.0 Å². The lowest BCUT2D eigenvalue weighted by Crippen LogP contribution is -2.37. The van der Waals surface area contributed by atoms with E-state index in [1.54, 1.807) is 11.3 Å². The van der Waals surface area contributed by atoms with E-state index in [9.17, 15) is 4.79 Å². The summed E-state index contributed by atoms with van der Waals surface area (Å²) in [6.45, 7) is 12.1. The van der Waals surface area contributed by atoms with Gasteiger partial charge in [-0.1, -0.05) is 12.8 Å². The van der Waals surface area contributed by atoms with Crippen LogP contribution in [0.4, 0.5) is 0 Å². The van der Waals surface area contributed by atoms with Crippen LogP contribution >= 0.6 is 35.3 Å². The highest BCUT2D eigenvalue weighted by molar-refractivity contribution is 14.0. The lowest BCUT2D eigenvalue weighted by atomic mass is 10.1. The van der Waals surface area contributed by atoms with Crippen LogP contribution in [0.2, 0.25) is 0 Å². The Labute approximate surface area is 185 Å². The number of aliphatic imine (C=N–C) groups is 1. The van der Waals surface area contributed by atoms with Gasteiger partial charge in [0.2, 0.25) is 0 Å². The lowest BCUT2D eigenvalue weighted by Gasteiger charge is -2.19. The summed E-state index contributed by atoms with van der Waals surface area (Å²) < 4.78 is 5.31. The number of hydrogen-bond donors (Lipinski definition) is 2. The van der Waals surface area contributed by atoms with Crippen LogP contribution in [0.3, 0.4) is 0 Å². The first-order valence-electron chi connectivity index (χ1n) is 9.45. The number of nitrogens with one attached hydrogen (secondary N) is 2. The zero-order valence-electron chi connectivity index (χ0n) is 17.3. The molecule has 0 aromatic carbocycles. The Bertz CT molecular complexity index is 570. The quantitative estimate of drug-likeness (QED) is 0.160. The molecule has 6 nitrogen and oxygen atoms in total. The lowest BCUT2D eigenvalue weighted by molar-refractivity contribution is -0.154. The van der Waals surface area contributed by atoms with E-state index in [-0.39, 0.29) is 35.5 Å². The first-order valence-corrected chi connectivity index (χ1v) is 10.3. The van der Waals surface area contributed by atoms with Crippen molar-refractivity contribution in [2.45, 2.75) is 78.9 Å². The van der Waals surface area contributed by atoms with Crippen molar-refractivity contribution in [2.24, 2.45) is 4.99 Å². The minimum absolute atomic E-state index is 0. The van der Waals surface area contributed by atoms with E-state index >= 15 is 0 Å². The predicted molar refractivity (Wildman–Crippen MR) is 124 cm³/mol. The van der Waals surface area contributed by atoms with Gasteiger partial charge in [0, 0.05) is 30.6 Å². The van der Waals surface area contributed by atoms with Crippen molar-refractivity contribution in [3.8, 4) is 0 Å². The third kappa shape index (κ3) is 13.8. The van der Waals surface area contributed by atoms with Gasteiger partial charge in [0.25, 0.3) is 0 Å². The summed E-state index contributed by atoms with van der Waals surface area (Å²) in [6.07, 6.45) is 6.44. The normalized spacial score (nSPS) is 11.7.